The molecule has 1 heterocycles. The second kappa shape index (κ2) is 5.89. The molecule has 1 saturated carbocycles. The van der Waals surface area contributed by atoms with Crippen LogP contribution in [0.4, 0.5) is 0 Å². The third kappa shape index (κ3) is 3.36. The first-order valence-electron chi connectivity index (χ1n) is 6.09. The molecule has 0 spiro atoms. The van der Waals surface area contributed by atoms with E-state index in [-0.39, 0.29) is 22.0 Å². The molecule has 1 aromatic heterocycles. The molecule has 3 nitrogen and oxygen atoms in total. The van der Waals surface area contributed by atoms with Crippen molar-refractivity contribution in [2.24, 2.45) is 5.92 Å². The summed E-state index contributed by atoms with van der Waals surface area (Å²) in [5.41, 5.74) is 0.277. The van der Waals surface area contributed by atoms with E-state index in [1.54, 1.807) is 6.07 Å². The molecule has 1 aliphatic rings. The van der Waals surface area contributed by atoms with E-state index in [0.29, 0.717) is 0 Å². The molecule has 98 valence electrons. The predicted molar refractivity (Wildman–Crippen MR) is 71.1 cm³/mol. The Morgan fingerprint density at radius 3 is 2.56 bits per heavy atom. The monoisotopic (exact) mass is 287 g/mol. The van der Waals surface area contributed by atoms with Crippen molar-refractivity contribution >= 4 is 29.2 Å². The second-order valence-electron chi connectivity index (χ2n) is 4.76. The SMILES string of the molecule is CC1CCC(OC(=O)c2ccc(Cl)nc2Cl)CC1. The zero-order valence-electron chi connectivity index (χ0n) is 10.2. The molecule has 2 rings (SSSR count). The van der Waals surface area contributed by atoms with Crippen molar-refractivity contribution < 1.29 is 9.53 Å². The number of hydrogen-bond acceptors (Lipinski definition) is 3. The van der Waals surface area contributed by atoms with Crippen LogP contribution in [0.15, 0.2) is 12.1 Å². The van der Waals surface area contributed by atoms with Gasteiger partial charge in [0.05, 0.1) is 5.56 Å². The van der Waals surface area contributed by atoms with Gasteiger partial charge in [-0.3, -0.25) is 0 Å². The van der Waals surface area contributed by atoms with Gasteiger partial charge in [-0.15, -0.1) is 0 Å². The number of hydrogen-bond donors (Lipinski definition) is 0. The molecule has 0 aromatic carbocycles. The summed E-state index contributed by atoms with van der Waals surface area (Å²) in [6.07, 6.45) is 4.05. The van der Waals surface area contributed by atoms with E-state index in [1.807, 2.05) is 0 Å². The molecule has 1 fully saturated rings. The van der Waals surface area contributed by atoms with Gasteiger partial charge >= 0.3 is 5.97 Å². The molecule has 0 radical (unpaired) electrons. The van der Waals surface area contributed by atoms with Crippen LogP contribution >= 0.6 is 23.2 Å². The highest BCUT2D eigenvalue weighted by Crippen LogP contribution is 2.27. The normalized spacial score (nSPS) is 23.7. The van der Waals surface area contributed by atoms with Gasteiger partial charge in [-0.05, 0) is 43.7 Å². The maximum absolute atomic E-state index is 11.9. The van der Waals surface area contributed by atoms with Crippen LogP contribution in [0.1, 0.15) is 43.0 Å². The first-order valence-corrected chi connectivity index (χ1v) is 6.85. The van der Waals surface area contributed by atoms with Crippen molar-refractivity contribution in [1.82, 2.24) is 4.98 Å². The smallest absolute Gasteiger partial charge is 0.341 e. The van der Waals surface area contributed by atoms with E-state index in [4.69, 9.17) is 27.9 Å². The van der Waals surface area contributed by atoms with Crippen molar-refractivity contribution in [3.8, 4) is 0 Å². The fourth-order valence-corrected chi connectivity index (χ4v) is 2.55. The fourth-order valence-electron chi connectivity index (χ4n) is 2.13. The molecule has 0 amide bonds. The van der Waals surface area contributed by atoms with Crippen LogP contribution in [-0.2, 0) is 4.74 Å². The van der Waals surface area contributed by atoms with Crippen LogP contribution in [0.3, 0.4) is 0 Å². The van der Waals surface area contributed by atoms with Gasteiger partial charge in [-0.25, -0.2) is 9.78 Å². The Balaban J connectivity index is 1.99. The average Bonchev–Trinajstić information content (AvgIpc) is 2.32. The van der Waals surface area contributed by atoms with Gasteiger partial charge < -0.3 is 4.74 Å². The molecule has 0 bridgehead atoms. The molecular weight excluding hydrogens is 273 g/mol. The summed E-state index contributed by atoms with van der Waals surface area (Å²) < 4.78 is 5.44. The number of pyridine rings is 1. The molecule has 1 aromatic rings. The van der Waals surface area contributed by atoms with E-state index in [0.717, 1.165) is 31.6 Å². The van der Waals surface area contributed by atoms with Gasteiger partial charge in [0.2, 0.25) is 0 Å². The van der Waals surface area contributed by atoms with Crippen LogP contribution in [0.5, 0.6) is 0 Å². The Bertz CT molecular complexity index is 443. The highest BCUT2D eigenvalue weighted by Gasteiger charge is 2.23. The summed E-state index contributed by atoms with van der Waals surface area (Å²) in [5, 5.41) is 0.361. The third-order valence-corrected chi connectivity index (χ3v) is 3.77. The second-order valence-corrected chi connectivity index (χ2v) is 5.50. The summed E-state index contributed by atoms with van der Waals surface area (Å²) in [4.78, 5) is 15.8. The molecule has 0 saturated heterocycles. The Morgan fingerprint density at radius 2 is 1.94 bits per heavy atom. The Hall–Kier alpha value is -0.800. The highest BCUT2D eigenvalue weighted by atomic mass is 35.5. The molecule has 0 unspecified atom stereocenters. The summed E-state index contributed by atoms with van der Waals surface area (Å²) in [6.45, 7) is 2.22. The van der Waals surface area contributed by atoms with Crippen molar-refractivity contribution in [2.45, 2.75) is 38.7 Å². The number of rotatable bonds is 2. The number of carbonyl (C=O) groups is 1. The third-order valence-electron chi connectivity index (χ3n) is 3.27. The number of ether oxygens (including phenoxy) is 1. The summed E-state index contributed by atoms with van der Waals surface area (Å²) in [7, 11) is 0. The van der Waals surface area contributed by atoms with E-state index in [2.05, 4.69) is 11.9 Å². The van der Waals surface area contributed by atoms with Crippen molar-refractivity contribution in [3.05, 3.63) is 28.0 Å². The maximum Gasteiger partial charge on any atom is 0.341 e. The minimum absolute atomic E-state index is 0.000412. The van der Waals surface area contributed by atoms with Gasteiger partial charge in [-0.2, -0.15) is 0 Å². The zero-order valence-corrected chi connectivity index (χ0v) is 11.7. The largest absolute Gasteiger partial charge is 0.459 e. The van der Waals surface area contributed by atoms with Gasteiger partial charge in [-0.1, -0.05) is 30.1 Å². The number of halogens is 2. The first-order chi connectivity index (χ1) is 8.56. The van der Waals surface area contributed by atoms with Crippen LogP contribution in [0.25, 0.3) is 0 Å². The van der Waals surface area contributed by atoms with Gasteiger partial charge in [0.25, 0.3) is 0 Å². The van der Waals surface area contributed by atoms with Crippen molar-refractivity contribution in [3.63, 3.8) is 0 Å². The zero-order chi connectivity index (χ0) is 13.1. The number of esters is 1. The van der Waals surface area contributed by atoms with Gasteiger partial charge in [0.1, 0.15) is 16.4 Å². The Morgan fingerprint density at radius 1 is 1.28 bits per heavy atom. The summed E-state index contributed by atoms with van der Waals surface area (Å²) >= 11 is 11.6. The lowest BCUT2D eigenvalue weighted by Crippen LogP contribution is -2.23. The minimum Gasteiger partial charge on any atom is -0.459 e. The highest BCUT2D eigenvalue weighted by molar-refractivity contribution is 6.34. The Kier molecular flexibility index (Phi) is 4.46. The van der Waals surface area contributed by atoms with E-state index in [1.165, 1.54) is 6.07 Å². The minimum atomic E-state index is -0.413. The first kappa shape index (κ1) is 13.6. The van der Waals surface area contributed by atoms with Crippen LogP contribution < -0.4 is 0 Å². The molecule has 0 aliphatic heterocycles. The average molecular weight is 288 g/mol. The molecule has 5 heteroatoms. The lowest BCUT2D eigenvalue weighted by atomic mass is 9.89. The number of nitrogens with zero attached hydrogens (tertiary/aromatic N) is 1. The van der Waals surface area contributed by atoms with Gasteiger partial charge in [0.15, 0.2) is 0 Å². The predicted octanol–water partition coefficient (Wildman–Crippen LogP) is 4.12. The number of aromatic nitrogens is 1. The molecule has 1 aliphatic carbocycles. The fraction of sp³-hybridized carbons (Fsp3) is 0.538. The lowest BCUT2D eigenvalue weighted by Gasteiger charge is -2.26. The summed E-state index contributed by atoms with van der Waals surface area (Å²) in [6, 6.07) is 3.08. The Labute approximate surface area is 116 Å². The molecule has 18 heavy (non-hydrogen) atoms. The van der Waals surface area contributed by atoms with Crippen LogP contribution in [-0.4, -0.2) is 17.1 Å². The standard InChI is InChI=1S/C13H15Cl2NO2/c1-8-2-4-9(5-3-8)18-13(17)10-6-7-11(14)16-12(10)15/h6-9H,2-5H2,1H3. The van der Waals surface area contributed by atoms with Crippen LogP contribution in [0, 0.1) is 5.92 Å². The van der Waals surface area contributed by atoms with E-state index < -0.39 is 5.97 Å². The topological polar surface area (TPSA) is 39.2 Å². The van der Waals surface area contributed by atoms with E-state index >= 15 is 0 Å². The van der Waals surface area contributed by atoms with E-state index in [9.17, 15) is 4.79 Å². The quantitative estimate of drug-likeness (QED) is 0.607. The van der Waals surface area contributed by atoms with Crippen molar-refractivity contribution in [1.29, 1.82) is 0 Å². The van der Waals surface area contributed by atoms with Gasteiger partial charge in [0, 0.05) is 0 Å². The summed E-state index contributed by atoms with van der Waals surface area (Å²) in [5.74, 6) is 0.310. The number of carbonyl (C=O) groups excluding carboxylic acids is 1. The maximum atomic E-state index is 11.9. The molecular formula is C13H15Cl2NO2. The van der Waals surface area contributed by atoms with Crippen LogP contribution in [0.2, 0.25) is 10.3 Å². The molecule has 0 N–H and O–H groups in total. The van der Waals surface area contributed by atoms with Crippen molar-refractivity contribution in [2.75, 3.05) is 0 Å². The lowest BCUT2D eigenvalue weighted by molar-refractivity contribution is 0.0173. The molecule has 0 atom stereocenters.